The highest BCUT2D eigenvalue weighted by Crippen LogP contribution is 2.25. The monoisotopic (exact) mass is 197 g/mol. The van der Waals surface area contributed by atoms with E-state index in [4.69, 9.17) is 26.0 Å². The highest BCUT2D eigenvalue weighted by Gasteiger charge is 2.19. The molecule has 0 heterocycles. The number of hydrogen-bond acceptors (Lipinski definition) is 5. The van der Waals surface area contributed by atoms with Crippen molar-refractivity contribution in [2.24, 2.45) is 5.73 Å². The number of nitrogens with two attached hydrogens (primary N) is 1. The molecule has 1 rings (SSSR count). The second kappa shape index (κ2) is 4.32. The van der Waals surface area contributed by atoms with Gasteiger partial charge in [0.25, 0.3) is 0 Å². The van der Waals surface area contributed by atoms with E-state index in [2.05, 4.69) is 0 Å². The molecule has 0 radical (unpaired) electrons. The SMILES string of the molecule is NC(Cc1ccc(O)c(O)c1)B(O)O. The summed E-state index contributed by atoms with van der Waals surface area (Å²) in [6.45, 7) is 0. The van der Waals surface area contributed by atoms with Crippen LogP contribution in [0.3, 0.4) is 0 Å². The van der Waals surface area contributed by atoms with E-state index in [0.717, 1.165) is 0 Å². The van der Waals surface area contributed by atoms with Crippen LogP contribution in [0, 0.1) is 0 Å². The number of aromatic hydroxyl groups is 2. The van der Waals surface area contributed by atoms with Crippen molar-refractivity contribution < 1.29 is 20.3 Å². The average Bonchev–Trinajstić information content (AvgIpc) is 2.11. The van der Waals surface area contributed by atoms with Gasteiger partial charge in [-0.1, -0.05) is 6.07 Å². The minimum absolute atomic E-state index is 0.214. The second-order valence-corrected chi connectivity index (χ2v) is 3.10. The van der Waals surface area contributed by atoms with Crippen molar-refractivity contribution in [3.63, 3.8) is 0 Å². The maximum atomic E-state index is 9.14. The highest BCUT2D eigenvalue weighted by atomic mass is 16.4. The van der Waals surface area contributed by atoms with Crippen molar-refractivity contribution in [3.05, 3.63) is 23.8 Å². The summed E-state index contributed by atoms with van der Waals surface area (Å²) < 4.78 is 0. The van der Waals surface area contributed by atoms with Gasteiger partial charge in [0.1, 0.15) is 0 Å². The summed E-state index contributed by atoms with van der Waals surface area (Å²) in [4.78, 5) is 0. The lowest BCUT2D eigenvalue weighted by Gasteiger charge is -2.10. The topological polar surface area (TPSA) is 107 Å². The molecular formula is C8H12BNO4. The first-order chi connectivity index (χ1) is 6.50. The van der Waals surface area contributed by atoms with Crippen LogP contribution in [0.2, 0.25) is 0 Å². The van der Waals surface area contributed by atoms with E-state index in [0.29, 0.717) is 5.56 Å². The first kappa shape index (κ1) is 10.8. The lowest BCUT2D eigenvalue weighted by atomic mass is 9.77. The maximum absolute atomic E-state index is 9.14. The van der Waals surface area contributed by atoms with Crippen molar-refractivity contribution in [2.75, 3.05) is 0 Å². The van der Waals surface area contributed by atoms with Gasteiger partial charge in [0.05, 0.1) is 0 Å². The Labute approximate surface area is 81.6 Å². The molecule has 0 saturated carbocycles. The number of rotatable bonds is 3. The molecule has 0 aliphatic heterocycles. The highest BCUT2D eigenvalue weighted by molar-refractivity contribution is 6.43. The van der Waals surface area contributed by atoms with Crippen molar-refractivity contribution in [1.82, 2.24) is 0 Å². The van der Waals surface area contributed by atoms with Gasteiger partial charge in [-0.3, -0.25) is 0 Å². The predicted molar refractivity (Wildman–Crippen MR) is 51.6 cm³/mol. The fourth-order valence-corrected chi connectivity index (χ4v) is 1.07. The lowest BCUT2D eigenvalue weighted by Crippen LogP contribution is -2.40. The minimum atomic E-state index is -1.59. The molecule has 0 aliphatic rings. The summed E-state index contributed by atoms with van der Waals surface area (Å²) in [5.41, 5.74) is 6.02. The quantitative estimate of drug-likeness (QED) is 0.315. The summed E-state index contributed by atoms with van der Waals surface area (Å²) in [7, 11) is -1.59. The first-order valence-corrected chi connectivity index (χ1v) is 4.13. The van der Waals surface area contributed by atoms with E-state index < -0.39 is 13.1 Å². The molecule has 6 heteroatoms. The Kier molecular flexibility index (Phi) is 3.35. The maximum Gasteiger partial charge on any atom is 0.469 e. The minimum Gasteiger partial charge on any atom is -0.504 e. The zero-order valence-electron chi connectivity index (χ0n) is 7.46. The molecule has 0 spiro atoms. The Balaban J connectivity index is 2.73. The van der Waals surface area contributed by atoms with Crippen LogP contribution in [0.5, 0.6) is 11.5 Å². The summed E-state index contributed by atoms with van der Waals surface area (Å²) in [6, 6.07) is 4.20. The third-order valence-electron chi connectivity index (χ3n) is 1.89. The lowest BCUT2D eigenvalue weighted by molar-refractivity contribution is 0.385. The van der Waals surface area contributed by atoms with Gasteiger partial charge in [-0.2, -0.15) is 0 Å². The number of phenols is 2. The van der Waals surface area contributed by atoms with Gasteiger partial charge < -0.3 is 26.0 Å². The van der Waals surface area contributed by atoms with Gasteiger partial charge in [0, 0.05) is 5.94 Å². The molecular weight excluding hydrogens is 185 g/mol. The van der Waals surface area contributed by atoms with Crippen LogP contribution in [0.1, 0.15) is 5.56 Å². The van der Waals surface area contributed by atoms with Gasteiger partial charge >= 0.3 is 7.12 Å². The fourth-order valence-electron chi connectivity index (χ4n) is 1.07. The van der Waals surface area contributed by atoms with E-state index in [1.54, 1.807) is 6.07 Å². The Morgan fingerprint density at radius 3 is 2.36 bits per heavy atom. The van der Waals surface area contributed by atoms with Crippen LogP contribution in [0.15, 0.2) is 18.2 Å². The average molecular weight is 197 g/mol. The van der Waals surface area contributed by atoms with E-state index in [-0.39, 0.29) is 17.9 Å². The van der Waals surface area contributed by atoms with Gasteiger partial charge in [0.2, 0.25) is 0 Å². The van der Waals surface area contributed by atoms with Gasteiger partial charge in [-0.15, -0.1) is 0 Å². The Hall–Kier alpha value is -1.24. The summed E-state index contributed by atoms with van der Waals surface area (Å²) >= 11 is 0. The molecule has 1 unspecified atom stereocenters. The molecule has 1 aromatic carbocycles. The third-order valence-corrected chi connectivity index (χ3v) is 1.89. The van der Waals surface area contributed by atoms with Crippen LogP contribution in [0.4, 0.5) is 0 Å². The van der Waals surface area contributed by atoms with E-state index in [9.17, 15) is 0 Å². The van der Waals surface area contributed by atoms with Gasteiger partial charge in [-0.25, -0.2) is 0 Å². The summed E-state index contributed by atoms with van der Waals surface area (Å²) in [5.74, 6) is -1.27. The van der Waals surface area contributed by atoms with Gasteiger partial charge in [0.15, 0.2) is 11.5 Å². The molecule has 0 aromatic heterocycles. The van der Waals surface area contributed by atoms with Crippen LogP contribution >= 0.6 is 0 Å². The number of hydrogen-bond donors (Lipinski definition) is 5. The van der Waals surface area contributed by atoms with Gasteiger partial charge in [-0.05, 0) is 24.1 Å². The molecule has 0 saturated heterocycles. The molecule has 1 atom stereocenters. The normalized spacial score (nSPS) is 12.5. The zero-order valence-corrected chi connectivity index (χ0v) is 7.46. The van der Waals surface area contributed by atoms with Crippen LogP contribution in [0.25, 0.3) is 0 Å². The standard InChI is InChI=1S/C8H12BNO4/c10-8(9(13)14)4-5-1-2-6(11)7(12)3-5/h1-3,8,11-14H,4,10H2. The largest absolute Gasteiger partial charge is 0.504 e. The number of benzene rings is 1. The van der Waals surface area contributed by atoms with Crippen molar-refractivity contribution in [2.45, 2.75) is 12.4 Å². The second-order valence-electron chi connectivity index (χ2n) is 3.10. The first-order valence-electron chi connectivity index (χ1n) is 4.13. The molecule has 5 nitrogen and oxygen atoms in total. The molecule has 1 aromatic rings. The molecule has 0 amide bonds. The molecule has 76 valence electrons. The third kappa shape index (κ3) is 2.63. The smallest absolute Gasteiger partial charge is 0.469 e. The van der Waals surface area contributed by atoms with E-state index >= 15 is 0 Å². The Morgan fingerprint density at radius 1 is 1.21 bits per heavy atom. The predicted octanol–water partition coefficient (Wildman–Crippen LogP) is -1.02. The van der Waals surface area contributed by atoms with Crippen LogP contribution in [-0.2, 0) is 6.42 Å². The molecule has 0 bridgehead atoms. The zero-order chi connectivity index (χ0) is 10.7. The Bertz CT molecular complexity index is 318. The number of phenolic OH excluding ortho intramolecular Hbond substituents is 2. The Morgan fingerprint density at radius 2 is 1.86 bits per heavy atom. The van der Waals surface area contributed by atoms with Crippen molar-refractivity contribution >= 4 is 7.12 Å². The van der Waals surface area contributed by atoms with Crippen LogP contribution < -0.4 is 5.73 Å². The van der Waals surface area contributed by atoms with E-state index in [1.165, 1.54) is 12.1 Å². The van der Waals surface area contributed by atoms with Crippen LogP contribution in [-0.4, -0.2) is 33.3 Å². The molecule has 14 heavy (non-hydrogen) atoms. The fraction of sp³-hybridized carbons (Fsp3) is 0.250. The van der Waals surface area contributed by atoms with Crippen molar-refractivity contribution in [3.8, 4) is 11.5 Å². The van der Waals surface area contributed by atoms with Crippen molar-refractivity contribution in [1.29, 1.82) is 0 Å². The summed E-state index contributed by atoms with van der Waals surface area (Å²) in [6.07, 6.45) is 0.214. The molecule has 0 aliphatic carbocycles. The molecule has 0 fully saturated rings. The summed E-state index contributed by atoms with van der Waals surface area (Å²) in [5, 5.41) is 35.6. The molecule has 6 N–H and O–H groups in total. The van der Waals surface area contributed by atoms with E-state index in [1.807, 2.05) is 0 Å².